The first-order valence-electron chi connectivity index (χ1n) is 20.8. The Hall–Kier alpha value is -1.24. The molecule has 50 heavy (non-hydrogen) atoms. The third kappa shape index (κ3) is 35.2. The van der Waals surface area contributed by atoms with E-state index in [9.17, 15) is 19.8 Å². The topological polar surface area (TPSA) is 141 Å². The van der Waals surface area contributed by atoms with Gasteiger partial charge in [-0.15, -0.1) is 0 Å². The molecule has 0 heterocycles. The van der Waals surface area contributed by atoms with Crippen molar-refractivity contribution < 1.29 is 48.9 Å². The van der Waals surface area contributed by atoms with E-state index in [4.69, 9.17) is 29.1 Å². The van der Waals surface area contributed by atoms with Crippen molar-refractivity contribution in [1.29, 1.82) is 0 Å². The maximum atomic E-state index is 12.1. The van der Waals surface area contributed by atoms with E-state index in [0.29, 0.717) is 12.8 Å². The van der Waals surface area contributed by atoms with Gasteiger partial charge in [-0.2, -0.15) is 9.61 Å². The summed E-state index contributed by atoms with van der Waals surface area (Å²) in [4.78, 5) is 43.3. The Bertz CT molecular complexity index is 679. The maximum Gasteiger partial charge on any atom is 0.718 e. The van der Waals surface area contributed by atoms with Gasteiger partial charge in [0.2, 0.25) is 0 Å². The van der Waals surface area contributed by atoms with Gasteiger partial charge in [0.1, 0.15) is 6.10 Å². The van der Waals surface area contributed by atoms with Crippen molar-refractivity contribution in [2.45, 2.75) is 232 Å². The smallest absolute Gasteiger partial charge is 0.393 e. The minimum atomic E-state index is -1.94. The first-order chi connectivity index (χ1) is 24.4. The molecule has 0 aliphatic heterocycles. The molecule has 0 bridgehead atoms. The van der Waals surface area contributed by atoms with Crippen LogP contribution in [0.15, 0.2) is 0 Å². The average molecular weight is 717 g/mol. The van der Waals surface area contributed by atoms with Crippen LogP contribution < -0.4 is 0 Å². The van der Waals surface area contributed by atoms with E-state index >= 15 is 0 Å². The quantitative estimate of drug-likeness (QED) is 0.0184. The summed E-state index contributed by atoms with van der Waals surface area (Å²) in [5.41, 5.74) is 0. The summed E-state index contributed by atoms with van der Waals surface area (Å²) in [6, 6.07) is 0. The molecule has 0 saturated heterocycles. The molecule has 0 aromatic rings. The lowest BCUT2D eigenvalue weighted by Crippen LogP contribution is -2.40. The van der Waals surface area contributed by atoms with Crippen molar-refractivity contribution >= 4 is 19.3 Å². The van der Waals surface area contributed by atoms with E-state index in [-0.39, 0.29) is 12.8 Å². The summed E-state index contributed by atoms with van der Waals surface area (Å²) in [6.45, 7) is 3.70. The second-order valence-corrected chi connectivity index (χ2v) is 14.1. The summed E-state index contributed by atoms with van der Waals surface area (Å²) in [5.74, 6) is -1.34. The van der Waals surface area contributed by atoms with Crippen LogP contribution in [0, 0.1) is 0 Å². The summed E-state index contributed by atoms with van der Waals surface area (Å²) in [5, 5.41) is 28.5. The van der Waals surface area contributed by atoms with E-state index < -0.39 is 38.3 Å². The van der Waals surface area contributed by atoms with Gasteiger partial charge in [0.15, 0.2) is 6.29 Å². The summed E-state index contributed by atoms with van der Waals surface area (Å²) >= 11 is 0. The number of aliphatic hydroxyl groups is 3. The predicted molar refractivity (Wildman–Crippen MR) is 199 cm³/mol. The second kappa shape index (κ2) is 39.0. The molecule has 3 N–H and O–H groups in total. The van der Waals surface area contributed by atoms with Gasteiger partial charge in [0.05, 0.1) is 6.61 Å². The molecule has 296 valence electrons. The van der Waals surface area contributed by atoms with Crippen molar-refractivity contribution in [3.8, 4) is 0 Å². The summed E-state index contributed by atoms with van der Waals surface area (Å²) in [6.07, 6.45) is 33.2. The van der Waals surface area contributed by atoms with Crippen molar-refractivity contribution in [2.75, 3.05) is 6.61 Å². The molecule has 0 amide bonds. The van der Waals surface area contributed by atoms with Crippen LogP contribution in [0.4, 0.5) is 0 Å². The molecule has 0 aliphatic carbocycles. The molecule has 10 nitrogen and oxygen atoms in total. The van der Waals surface area contributed by atoms with Crippen LogP contribution >= 0.6 is 0 Å². The van der Waals surface area contributed by atoms with Crippen LogP contribution in [0.5, 0.6) is 0 Å². The Kier molecular flexibility index (Phi) is 38.0. The van der Waals surface area contributed by atoms with E-state index in [1.165, 1.54) is 141 Å². The molecular formula is C39H77BO10. The molecule has 0 spiro atoms. The molecule has 0 rings (SSSR count). The number of hydrogen-bond acceptors (Lipinski definition) is 10. The number of unbranched alkanes of at least 4 members (excludes halogenated alkanes) is 28. The van der Waals surface area contributed by atoms with Crippen LogP contribution in [0.2, 0.25) is 0 Å². The summed E-state index contributed by atoms with van der Waals surface area (Å²) < 4.78 is 4.91. The van der Waals surface area contributed by atoms with Crippen molar-refractivity contribution in [3.05, 3.63) is 0 Å². The van der Waals surface area contributed by atoms with Crippen LogP contribution in [0.1, 0.15) is 219 Å². The Balaban J connectivity index is 3.95. The normalized spacial score (nSPS) is 12.6. The highest BCUT2D eigenvalue weighted by Crippen LogP contribution is 2.16. The highest BCUT2D eigenvalue weighted by molar-refractivity contribution is 6.35. The van der Waals surface area contributed by atoms with E-state index in [0.717, 1.165) is 38.5 Å². The van der Waals surface area contributed by atoms with E-state index in [1.807, 2.05) is 0 Å². The third-order valence-corrected chi connectivity index (χ3v) is 9.17. The molecular weight excluding hydrogens is 639 g/mol. The van der Waals surface area contributed by atoms with Gasteiger partial charge in [0.25, 0.3) is 0 Å². The minimum absolute atomic E-state index is 0.117. The summed E-state index contributed by atoms with van der Waals surface area (Å²) in [7, 11) is -1.94. The number of carbonyl (C=O) groups is 2. The molecule has 11 heteroatoms. The van der Waals surface area contributed by atoms with Crippen molar-refractivity contribution in [1.82, 2.24) is 0 Å². The van der Waals surface area contributed by atoms with Gasteiger partial charge in [-0.05, 0) is 12.8 Å². The molecule has 2 atom stereocenters. The minimum Gasteiger partial charge on any atom is -0.393 e. The maximum absolute atomic E-state index is 12.1. The first-order valence-corrected chi connectivity index (χ1v) is 20.8. The second-order valence-electron chi connectivity index (χ2n) is 14.1. The lowest BCUT2D eigenvalue weighted by atomic mass is 10.0. The Morgan fingerprint density at radius 1 is 0.460 bits per heavy atom. The number of hydrogen-bond donors (Lipinski definition) is 3. The van der Waals surface area contributed by atoms with Gasteiger partial charge < -0.3 is 29.7 Å². The van der Waals surface area contributed by atoms with Gasteiger partial charge in [0, 0.05) is 12.8 Å². The van der Waals surface area contributed by atoms with Crippen LogP contribution in [-0.4, -0.2) is 53.6 Å². The lowest BCUT2D eigenvalue weighted by molar-refractivity contribution is -0.290. The van der Waals surface area contributed by atoms with Gasteiger partial charge in [-0.25, -0.2) is 9.59 Å². The predicted octanol–water partition coefficient (Wildman–Crippen LogP) is 10.1. The fraction of sp³-hybridized carbons (Fsp3) is 0.949. The first kappa shape index (κ1) is 48.8. The zero-order valence-electron chi connectivity index (χ0n) is 32.3. The molecule has 0 aromatic carbocycles. The molecule has 0 aliphatic rings. The third-order valence-electron chi connectivity index (χ3n) is 9.17. The average Bonchev–Trinajstić information content (AvgIpc) is 3.12. The zero-order valence-corrected chi connectivity index (χ0v) is 32.3. The number of aliphatic hydroxyl groups excluding tert-OH is 3. The Morgan fingerprint density at radius 2 is 0.720 bits per heavy atom. The highest BCUT2D eigenvalue weighted by Gasteiger charge is 2.34. The molecule has 0 aromatic heterocycles. The fourth-order valence-electron chi connectivity index (χ4n) is 5.91. The Labute approximate surface area is 306 Å². The highest BCUT2D eigenvalue weighted by atomic mass is 17.3. The standard InChI is InChI=1S/C39H77BO10/c1-3-5-7-9-11-13-15-17-19-21-23-25-27-29-31-33-37(43)47-49-40(46-39(45)36(42)35-41)50-48-38(44)34-32-30-28-26-24-22-20-18-16-14-12-10-8-6-4-2/h36,39,41-42,45H,3-35H2,1-2H3. The Morgan fingerprint density at radius 3 is 0.980 bits per heavy atom. The fourth-order valence-corrected chi connectivity index (χ4v) is 5.91. The van der Waals surface area contributed by atoms with Gasteiger partial charge in [-0.1, -0.05) is 194 Å². The van der Waals surface area contributed by atoms with Gasteiger partial charge >= 0.3 is 19.3 Å². The van der Waals surface area contributed by atoms with Crippen molar-refractivity contribution in [3.63, 3.8) is 0 Å². The monoisotopic (exact) mass is 717 g/mol. The zero-order chi connectivity index (χ0) is 36.8. The van der Waals surface area contributed by atoms with Gasteiger partial charge in [-0.3, -0.25) is 0 Å². The van der Waals surface area contributed by atoms with Crippen LogP contribution in [-0.2, 0) is 33.6 Å². The number of carbonyl (C=O) groups excluding carboxylic acids is 2. The van der Waals surface area contributed by atoms with Crippen molar-refractivity contribution in [2.24, 2.45) is 0 Å². The molecule has 0 saturated carbocycles. The lowest BCUT2D eigenvalue weighted by Gasteiger charge is -2.19. The van der Waals surface area contributed by atoms with Crippen LogP contribution in [0.3, 0.4) is 0 Å². The van der Waals surface area contributed by atoms with E-state index in [1.54, 1.807) is 0 Å². The molecule has 2 unspecified atom stereocenters. The molecule has 0 radical (unpaired) electrons. The largest absolute Gasteiger partial charge is 0.718 e. The number of rotatable bonds is 40. The van der Waals surface area contributed by atoms with E-state index in [2.05, 4.69) is 13.8 Å². The SMILES string of the molecule is CCCCCCCCCCCCCCCCCC(=O)OOB(OOC(=O)CCCCCCCCCCCCCCCCC)OC(O)C(O)CO. The van der Waals surface area contributed by atoms with Crippen LogP contribution in [0.25, 0.3) is 0 Å². The molecule has 0 fully saturated rings.